The summed E-state index contributed by atoms with van der Waals surface area (Å²) in [6.07, 6.45) is 0. The molecule has 0 saturated heterocycles. The van der Waals surface area contributed by atoms with E-state index in [1.54, 1.807) is 0 Å². The zero-order valence-electron chi connectivity index (χ0n) is 8.53. The van der Waals surface area contributed by atoms with E-state index in [2.05, 4.69) is 36.4 Å². The summed E-state index contributed by atoms with van der Waals surface area (Å²) in [4.78, 5) is 0. The average molecular weight is 267 g/mol. The number of hydrogen-bond donors (Lipinski definition) is 0. The summed E-state index contributed by atoms with van der Waals surface area (Å²) < 4.78 is 8.60. The van der Waals surface area contributed by atoms with E-state index in [0.29, 0.717) is 0 Å². The maximum absolute atomic E-state index is 5.81. The third-order valence-electron chi connectivity index (χ3n) is 2.26. The molecule has 15 heavy (non-hydrogen) atoms. The first-order valence-electron chi connectivity index (χ1n) is 4.56. The summed E-state index contributed by atoms with van der Waals surface area (Å²) in [5.74, 6) is 2.09. The molecule has 1 aliphatic heterocycles. The van der Waals surface area contributed by atoms with Gasteiger partial charge in [0, 0.05) is 29.6 Å². The fraction of sp³-hybridized carbons (Fsp3) is 0. The molecule has 0 saturated carbocycles. The molecule has 69 valence electrons. The molecule has 3 rings (SSSR count). The van der Waals surface area contributed by atoms with Crippen molar-refractivity contribution in [3.8, 4) is 11.5 Å². The van der Waals surface area contributed by atoms with Crippen molar-refractivity contribution in [3.63, 3.8) is 0 Å². The molecule has 0 unspecified atom stereocenters. The minimum atomic E-state index is -0.190. The molecule has 1 aliphatic rings. The predicted octanol–water partition coefficient (Wildman–Crippen LogP) is 0.799. The van der Waals surface area contributed by atoms with Crippen molar-refractivity contribution in [1.82, 2.24) is 0 Å². The Morgan fingerprint density at radius 3 is 1.73 bits per heavy atom. The number of rotatable bonds is 0. The van der Waals surface area contributed by atoms with E-state index in [1.165, 1.54) is 8.70 Å². The molecule has 0 bridgehead atoms. The van der Waals surface area contributed by atoms with Gasteiger partial charge in [-0.2, -0.15) is 0 Å². The summed E-state index contributed by atoms with van der Waals surface area (Å²) in [6.45, 7) is 0. The van der Waals surface area contributed by atoms with E-state index in [9.17, 15) is 0 Å². The van der Waals surface area contributed by atoms with Gasteiger partial charge in [-0.05, 0) is 0 Å². The first-order chi connectivity index (χ1) is 6.93. The fourth-order valence-corrected chi connectivity index (χ4v) is 4.02. The molecular weight excluding hydrogens is 258 g/mol. The van der Waals surface area contributed by atoms with Crippen LogP contribution in [-0.4, -0.2) is 45.3 Å². The Morgan fingerprint density at radius 2 is 1.20 bits per heavy atom. The van der Waals surface area contributed by atoms with E-state index >= 15 is 0 Å². The van der Waals surface area contributed by atoms with E-state index < -0.39 is 0 Å². The Bertz CT molecular complexity index is 397. The van der Waals surface area contributed by atoms with Gasteiger partial charge >= 0.3 is 89.2 Å². The Morgan fingerprint density at radius 1 is 0.733 bits per heavy atom. The van der Waals surface area contributed by atoms with Crippen LogP contribution in [0.15, 0.2) is 48.5 Å². The van der Waals surface area contributed by atoms with Crippen molar-refractivity contribution in [3.05, 3.63) is 48.5 Å². The zero-order valence-corrected chi connectivity index (χ0v) is 12.6. The summed E-state index contributed by atoms with van der Waals surface area (Å²) in [5.41, 5.74) is 0. The first kappa shape index (κ1) is 11.3. The SMILES string of the molecule is [Na].c1ccc2c(c1)Oc1ccccc1[AsH]2. The Balaban J connectivity index is 0.000000853. The quantitative estimate of drug-likeness (QED) is 0.547. The van der Waals surface area contributed by atoms with Crippen LogP contribution in [0.1, 0.15) is 0 Å². The van der Waals surface area contributed by atoms with Crippen LogP contribution in [0.2, 0.25) is 0 Å². The molecule has 3 heteroatoms. The second-order valence-electron chi connectivity index (χ2n) is 3.22. The Labute approximate surface area is 118 Å². The van der Waals surface area contributed by atoms with Crippen LogP contribution < -0.4 is 13.4 Å². The molecule has 0 spiro atoms. The van der Waals surface area contributed by atoms with Crippen molar-refractivity contribution < 1.29 is 4.74 Å². The summed E-state index contributed by atoms with van der Waals surface area (Å²) >= 11 is -0.190. The molecule has 1 heterocycles. The monoisotopic (exact) mass is 267 g/mol. The van der Waals surface area contributed by atoms with Gasteiger partial charge in [-0.3, -0.25) is 0 Å². The number of ether oxygens (including phenoxy) is 1. The van der Waals surface area contributed by atoms with E-state index in [0.717, 1.165) is 11.5 Å². The van der Waals surface area contributed by atoms with Gasteiger partial charge in [0.2, 0.25) is 0 Å². The fourth-order valence-electron chi connectivity index (χ4n) is 1.58. The second kappa shape index (κ2) is 4.76. The van der Waals surface area contributed by atoms with Crippen LogP contribution in [0, 0.1) is 0 Å². The Hall–Kier alpha value is -0.202. The molecule has 2 aromatic carbocycles. The van der Waals surface area contributed by atoms with Crippen LogP contribution in [0.3, 0.4) is 0 Å². The third-order valence-corrected chi connectivity index (χ3v) is 5.13. The van der Waals surface area contributed by atoms with Crippen molar-refractivity contribution in [2.75, 3.05) is 0 Å². The number of benzene rings is 2. The van der Waals surface area contributed by atoms with E-state index in [4.69, 9.17) is 4.74 Å². The maximum atomic E-state index is 5.81. The molecule has 2 aromatic rings. The van der Waals surface area contributed by atoms with Gasteiger partial charge in [-0.25, -0.2) is 0 Å². The van der Waals surface area contributed by atoms with Crippen LogP contribution in [0.4, 0.5) is 0 Å². The van der Waals surface area contributed by atoms with Crippen LogP contribution in [0.25, 0.3) is 0 Å². The van der Waals surface area contributed by atoms with Crippen LogP contribution >= 0.6 is 0 Å². The number of hydrogen-bond acceptors (Lipinski definition) is 1. The molecule has 0 aliphatic carbocycles. The first-order valence-corrected chi connectivity index (χ1v) is 6.66. The molecule has 1 nitrogen and oxygen atoms in total. The van der Waals surface area contributed by atoms with E-state index in [1.807, 2.05) is 12.1 Å². The standard InChI is InChI=1S/C12H9AsO.Na/c1-3-7-11-9(5-1)13-10-6-2-4-8-12(10)14-11;/h1-8,13H;. The Kier molecular flexibility index (Phi) is 3.58. The molecule has 0 fully saturated rings. The number of para-hydroxylation sites is 2. The zero-order chi connectivity index (χ0) is 9.38. The van der Waals surface area contributed by atoms with Gasteiger partial charge in [0.25, 0.3) is 0 Å². The molecule has 0 atom stereocenters. The second-order valence-corrected chi connectivity index (χ2v) is 6.00. The van der Waals surface area contributed by atoms with Gasteiger partial charge in [0.1, 0.15) is 0 Å². The van der Waals surface area contributed by atoms with Crippen molar-refractivity contribution >= 4 is 54.0 Å². The molecule has 0 aromatic heterocycles. The summed E-state index contributed by atoms with van der Waals surface area (Å²) in [5, 5.41) is 0. The van der Waals surface area contributed by atoms with Gasteiger partial charge in [0.05, 0.1) is 0 Å². The molecule has 0 N–H and O–H groups in total. The average Bonchev–Trinajstić information content (AvgIpc) is 2.26. The van der Waals surface area contributed by atoms with E-state index in [-0.39, 0.29) is 45.3 Å². The summed E-state index contributed by atoms with van der Waals surface area (Å²) in [7, 11) is 0. The molecule has 1 radical (unpaired) electrons. The predicted molar refractivity (Wildman–Crippen MR) is 65.1 cm³/mol. The van der Waals surface area contributed by atoms with Gasteiger partial charge in [0.15, 0.2) is 0 Å². The third kappa shape index (κ3) is 2.16. The summed E-state index contributed by atoms with van der Waals surface area (Å²) in [6, 6.07) is 16.7. The molecular formula is C12H9AsNaO. The molecule has 0 amide bonds. The minimum absolute atomic E-state index is 0. The van der Waals surface area contributed by atoms with Crippen LogP contribution in [-0.2, 0) is 0 Å². The van der Waals surface area contributed by atoms with Crippen molar-refractivity contribution in [1.29, 1.82) is 0 Å². The van der Waals surface area contributed by atoms with Gasteiger partial charge < -0.3 is 0 Å². The topological polar surface area (TPSA) is 9.23 Å². The van der Waals surface area contributed by atoms with Crippen LogP contribution in [0.5, 0.6) is 11.5 Å². The van der Waals surface area contributed by atoms with Crippen molar-refractivity contribution in [2.45, 2.75) is 0 Å². The van der Waals surface area contributed by atoms with Crippen molar-refractivity contribution in [2.24, 2.45) is 0 Å². The normalized spacial score (nSPS) is 11.7. The number of fused-ring (bicyclic) bond motifs is 2. The van der Waals surface area contributed by atoms with Gasteiger partial charge in [-0.15, -0.1) is 0 Å². The van der Waals surface area contributed by atoms with Gasteiger partial charge in [-0.1, -0.05) is 0 Å².